The van der Waals surface area contributed by atoms with Gasteiger partial charge in [0.05, 0.1) is 28.2 Å². The first-order valence-corrected chi connectivity index (χ1v) is 21.1. The molecule has 0 amide bonds. The number of nitrogens with zero attached hydrogens (tertiary/aromatic N) is 2. The molecule has 0 radical (unpaired) electrons. The van der Waals surface area contributed by atoms with Gasteiger partial charge in [-0.05, 0) is 110 Å². The van der Waals surface area contributed by atoms with Crippen LogP contribution in [0, 0.1) is 0 Å². The second-order valence-electron chi connectivity index (χ2n) is 16.0. The first kappa shape index (κ1) is 35.0. The van der Waals surface area contributed by atoms with Crippen LogP contribution in [0.4, 0.5) is 34.1 Å². The molecule has 2 heteroatoms. The van der Waals surface area contributed by atoms with Gasteiger partial charge in [0, 0.05) is 22.3 Å². The normalized spacial score (nSPS) is 13.0. The van der Waals surface area contributed by atoms with Crippen molar-refractivity contribution in [2.75, 3.05) is 9.80 Å². The van der Waals surface area contributed by atoms with Crippen LogP contribution >= 0.6 is 0 Å². The second kappa shape index (κ2) is 14.1. The minimum absolute atomic E-state index is 0.575. The van der Waals surface area contributed by atoms with Crippen molar-refractivity contribution in [2.24, 2.45) is 0 Å². The summed E-state index contributed by atoms with van der Waals surface area (Å²) in [5.74, 6) is 0. The van der Waals surface area contributed by atoms with E-state index in [1.807, 2.05) is 0 Å². The smallest absolute Gasteiger partial charge is 0.0755 e. The second-order valence-corrected chi connectivity index (χ2v) is 16.0. The zero-order chi connectivity index (χ0) is 40.3. The van der Waals surface area contributed by atoms with Crippen LogP contribution in [0.25, 0.3) is 44.2 Å². The molecule has 61 heavy (non-hydrogen) atoms. The molecule has 0 N–H and O–H groups in total. The summed E-state index contributed by atoms with van der Waals surface area (Å²) in [6.07, 6.45) is 0. The van der Waals surface area contributed by atoms with Gasteiger partial charge >= 0.3 is 0 Å². The highest BCUT2D eigenvalue weighted by molar-refractivity contribution is 6.03. The van der Waals surface area contributed by atoms with Gasteiger partial charge in [0.15, 0.2) is 0 Å². The largest absolute Gasteiger partial charge is 0.310 e. The van der Waals surface area contributed by atoms with E-state index in [1.54, 1.807) is 0 Å². The van der Waals surface area contributed by atoms with Gasteiger partial charge in [-0.15, -0.1) is 0 Å². The average molecular weight is 777 g/mol. The van der Waals surface area contributed by atoms with E-state index in [0.717, 1.165) is 22.7 Å². The molecular formula is C59H40N2. The molecule has 1 heterocycles. The SMILES string of the molecule is c1ccc(-c2cccc(-c3ccccc3N(c3ccc4c(c3)C3(c5ccccc5-4)c4ccccc4N(c4ccccc4)c4ccccc43)c3cccc4ccccc34)c2)cc1. The number of hydrogen-bond donors (Lipinski definition) is 0. The lowest BCUT2D eigenvalue weighted by atomic mass is 9.64. The van der Waals surface area contributed by atoms with Crippen LogP contribution < -0.4 is 9.80 Å². The van der Waals surface area contributed by atoms with Gasteiger partial charge in [-0.25, -0.2) is 0 Å². The molecule has 1 spiro atoms. The summed E-state index contributed by atoms with van der Waals surface area (Å²) < 4.78 is 0. The molecule has 0 unspecified atom stereocenters. The zero-order valence-electron chi connectivity index (χ0n) is 33.5. The molecule has 1 aliphatic heterocycles. The number of rotatable bonds is 6. The highest BCUT2D eigenvalue weighted by atomic mass is 15.2. The van der Waals surface area contributed by atoms with Crippen LogP contribution in [0.3, 0.4) is 0 Å². The lowest BCUT2D eigenvalue weighted by Gasteiger charge is -2.45. The van der Waals surface area contributed by atoms with E-state index in [4.69, 9.17) is 0 Å². The molecule has 0 fully saturated rings. The molecule has 0 saturated heterocycles. The van der Waals surface area contributed by atoms with E-state index in [9.17, 15) is 0 Å². The predicted molar refractivity (Wildman–Crippen MR) is 255 cm³/mol. The van der Waals surface area contributed by atoms with Crippen molar-refractivity contribution in [1.29, 1.82) is 0 Å². The zero-order valence-corrected chi connectivity index (χ0v) is 33.5. The van der Waals surface area contributed by atoms with E-state index < -0.39 is 5.41 Å². The Hall–Kier alpha value is -7.94. The Morgan fingerprint density at radius 2 is 0.869 bits per heavy atom. The molecule has 2 nitrogen and oxygen atoms in total. The lowest BCUT2D eigenvalue weighted by Crippen LogP contribution is -2.36. The quantitative estimate of drug-likeness (QED) is 0.166. The molecule has 1 aliphatic carbocycles. The highest BCUT2D eigenvalue weighted by Crippen LogP contribution is 2.64. The average Bonchev–Trinajstić information content (AvgIpc) is 3.62. The van der Waals surface area contributed by atoms with E-state index in [2.05, 4.69) is 252 Å². The Bertz CT molecular complexity index is 3220. The number of benzene rings is 10. The van der Waals surface area contributed by atoms with Crippen molar-refractivity contribution in [3.8, 4) is 33.4 Å². The standard InChI is InChI=1S/C59H40N2/c1-3-19-41(20-4-1)43-23-17-24-44(39-43)48-28-10-14-33-55(48)61(56-36-18-22-42-21-7-8-27-47(42)56)46-37-38-50-49-29-9-11-30-51(49)59(54(50)40-46)52-31-12-15-34-57(52)60(45-25-5-2-6-26-45)58-35-16-13-32-53(58)59/h1-40H. The maximum atomic E-state index is 2.50. The van der Waals surface area contributed by atoms with Gasteiger partial charge in [0.1, 0.15) is 0 Å². The lowest BCUT2D eigenvalue weighted by molar-refractivity contribution is 0.752. The van der Waals surface area contributed by atoms with Crippen molar-refractivity contribution in [2.45, 2.75) is 5.41 Å². The molecule has 286 valence electrons. The van der Waals surface area contributed by atoms with Crippen LogP contribution in [-0.4, -0.2) is 0 Å². The Morgan fingerprint density at radius 1 is 0.328 bits per heavy atom. The topological polar surface area (TPSA) is 6.48 Å². The molecule has 10 aromatic carbocycles. The fraction of sp³-hybridized carbons (Fsp3) is 0.0169. The van der Waals surface area contributed by atoms with E-state index in [0.29, 0.717) is 0 Å². The van der Waals surface area contributed by atoms with Crippen LogP contribution in [-0.2, 0) is 5.41 Å². The van der Waals surface area contributed by atoms with Gasteiger partial charge in [-0.2, -0.15) is 0 Å². The molecule has 2 aliphatic rings. The van der Waals surface area contributed by atoms with Crippen LogP contribution in [0.2, 0.25) is 0 Å². The molecule has 0 bridgehead atoms. The van der Waals surface area contributed by atoms with Gasteiger partial charge in [0.25, 0.3) is 0 Å². The third-order valence-corrected chi connectivity index (χ3v) is 12.8. The first-order chi connectivity index (χ1) is 30.3. The summed E-state index contributed by atoms with van der Waals surface area (Å²) in [6.45, 7) is 0. The van der Waals surface area contributed by atoms with Crippen LogP contribution in [0.1, 0.15) is 22.3 Å². The van der Waals surface area contributed by atoms with E-state index in [-0.39, 0.29) is 0 Å². The molecular weight excluding hydrogens is 737 g/mol. The third kappa shape index (κ3) is 5.36. The van der Waals surface area contributed by atoms with Crippen LogP contribution in [0.5, 0.6) is 0 Å². The van der Waals surface area contributed by atoms with Crippen molar-refractivity contribution in [3.63, 3.8) is 0 Å². The minimum atomic E-state index is -0.575. The van der Waals surface area contributed by atoms with Crippen LogP contribution in [0.15, 0.2) is 243 Å². The summed E-state index contributed by atoms with van der Waals surface area (Å²) in [4.78, 5) is 4.95. The fourth-order valence-electron chi connectivity index (χ4n) is 10.3. The fourth-order valence-corrected chi connectivity index (χ4v) is 10.3. The number of hydrogen-bond acceptors (Lipinski definition) is 2. The maximum Gasteiger partial charge on any atom is 0.0755 e. The summed E-state index contributed by atoms with van der Waals surface area (Å²) >= 11 is 0. The van der Waals surface area contributed by atoms with E-state index in [1.165, 1.54) is 77.8 Å². The predicted octanol–water partition coefficient (Wildman–Crippen LogP) is 15.8. The van der Waals surface area contributed by atoms with Crippen molar-refractivity contribution < 1.29 is 0 Å². The van der Waals surface area contributed by atoms with Crippen molar-refractivity contribution in [1.82, 2.24) is 0 Å². The first-order valence-electron chi connectivity index (χ1n) is 21.1. The van der Waals surface area contributed by atoms with Crippen molar-refractivity contribution >= 4 is 44.9 Å². The summed E-state index contributed by atoms with van der Waals surface area (Å²) in [5.41, 5.74) is 18.7. The van der Waals surface area contributed by atoms with E-state index >= 15 is 0 Å². The monoisotopic (exact) mass is 776 g/mol. The number of para-hydroxylation sites is 4. The molecule has 10 aromatic rings. The Labute approximate surface area is 356 Å². The third-order valence-electron chi connectivity index (χ3n) is 12.8. The maximum absolute atomic E-state index is 2.50. The van der Waals surface area contributed by atoms with Gasteiger partial charge in [-0.3, -0.25) is 0 Å². The molecule has 0 atom stereocenters. The molecule has 0 aromatic heterocycles. The Morgan fingerprint density at radius 3 is 1.66 bits per heavy atom. The highest BCUT2D eigenvalue weighted by Gasteiger charge is 2.51. The molecule has 12 rings (SSSR count). The summed E-state index contributed by atoms with van der Waals surface area (Å²) in [5, 5.41) is 2.40. The van der Waals surface area contributed by atoms with Gasteiger partial charge in [-0.1, -0.05) is 188 Å². The van der Waals surface area contributed by atoms with Gasteiger partial charge in [0.2, 0.25) is 0 Å². The Kier molecular flexibility index (Phi) is 8.11. The van der Waals surface area contributed by atoms with Crippen molar-refractivity contribution in [3.05, 3.63) is 265 Å². The Balaban J connectivity index is 1.14. The number of fused-ring (bicyclic) bond motifs is 10. The minimum Gasteiger partial charge on any atom is -0.310 e. The summed E-state index contributed by atoms with van der Waals surface area (Å²) in [7, 11) is 0. The molecule has 0 saturated carbocycles. The summed E-state index contributed by atoms with van der Waals surface area (Å²) in [6, 6.07) is 89.2. The van der Waals surface area contributed by atoms with Gasteiger partial charge < -0.3 is 9.80 Å². The number of anilines is 6.